The fraction of sp³-hybridized carbons (Fsp3) is 0.0500. The molecule has 4 aromatic rings. The van der Waals surface area contributed by atoms with E-state index < -0.39 is 0 Å². The van der Waals surface area contributed by atoms with E-state index in [2.05, 4.69) is 28.2 Å². The van der Waals surface area contributed by atoms with E-state index in [1.54, 1.807) is 0 Å². The first-order chi connectivity index (χ1) is 11.3. The quantitative estimate of drug-likeness (QED) is 0.589. The number of aliphatic hydroxyl groups is 1. The Balaban J connectivity index is 1.75. The zero-order valence-electron chi connectivity index (χ0n) is 12.5. The van der Waals surface area contributed by atoms with E-state index in [1.165, 1.54) is 0 Å². The van der Waals surface area contributed by atoms with Crippen LogP contribution in [0.25, 0.3) is 33.5 Å². The average Bonchev–Trinajstić information content (AvgIpc) is 3.06. The molecule has 0 aliphatic rings. The van der Waals surface area contributed by atoms with Gasteiger partial charge in [0.2, 0.25) is 0 Å². The molecular formula is C20H16N2O. The summed E-state index contributed by atoms with van der Waals surface area (Å²) in [6, 6.07) is 24.3. The molecule has 0 fully saturated rings. The summed E-state index contributed by atoms with van der Waals surface area (Å²) in [6.45, 7) is 0.0688. The summed E-state index contributed by atoms with van der Waals surface area (Å²) in [5.74, 6) is 0.875. The number of aromatic nitrogens is 2. The van der Waals surface area contributed by atoms with Crippen molar-refractivity contribution in [3.8, 4) is 22.5 Å². The van der Waals surface area contributed by atoms with Gasteiger partial charge in [0, 0.05) is 5.56 Å². The minimum Gasteiger partial charge on any atom is -0.392 e. The molecule has 0 saturated heterocycles. The second-order valence-electron chi connectivity index (χ2n) is 5.54. The number of nitrogens with zero attached hydrogens (tertiary/aromatic N) is 1. The van der Waals surface area contributed by atoms with Gasteiger partial charge in [-0.3, -0.25) is 0 Å². The van der Waals surface area contributed by atoms with Gasteiger partial charge in [-0.1, -0.05) is 54.6 Å². The van der Waals surface area contributed by atoms with Crippen LogP contribution >= 0.6 is 0 Å². The number of hydrogen-bond donors (Lipinski definition) is 2. The summed E-state index contributed by atoms with van der Waals surface area (Å²) in [4.78, 5) is 8.02. The fourth-order valence-electron chi connectivity index (χ4n) is 2.74. The minimum atomic E-state index is 0.0688. The third kappa shape index (κ3) is 2.62. The van der Waals surface area contributed by atoms with Crippen molar-refractivity contribution in [1.82, 2.24) is 9.97 Å². The second-order valence-corrected chi connectivity index (χ2v) is 5.54. The molecule has 3 nitrogen and oxygen atoms in total. The van der Waals surface area contributed by atoms with Gasteiger partial charge in [0.05, 0.1) is 17.6 Å². The van der Waals surface area contributed by atoms with Crippen LogP contribution in [0.1, 0.15) is 5.56 Å². The normalized spacial score (nSPS) is 11.0. The highest BCUT2D eigenvalue weighted by atomic mass is 16.3. The molecule has 0 radical (unpaired) electrons. The predicted octanol–water partition coefficient (Wildman–Crippen LogP) is 4.39. The lowest BCUT2D eigenvalue weighted by Gasteiger charge is -2.05. The fourth-order valence-corrected chi connectivity index (χ4v) is 2.74. The number of imidazole rings is 1. The number of nitrogens with one attached hydrogen (secondary N) is 1. The first kappa shape index (κ1) is 13.7. The van der Waals surface area contributed by atoms with Gasteiger partial charge in [-0.2, -0.15) is 0 Å². The van der Waals surface area contributed by atoms with Crippen molar-refractivity contribution in [3.05, 3.63) is 78.4 Å². The molecule has 3 heteroatoms. The third-order valence-corrected chi connectivity index (χ3v) is 4.00. The van der Waals surface area contributed by atoms with E-state index in [0.717, 1.165) is 39.1 Å². The molecule has 0 spiro atoms. The molecular weight excluding hydrogens is 284 g/mol. The summed E-state index contributed by atoms with van der Waals surface area (Å²) in [5, 5.41) is 9.15. The van der Waals surface area contributed by atoms with Crippen molar-refractivity contribution >= 4 is 11.0 Å². The van der Waals surface area contributed by atoms with Crippen molar-refractivity contribution in [2.75, 3.05) is 0 Å². The van der Waals surface area contributed by atoms with Gasteiger partial charge in [0.25, 0.3) is 0 Å². The van der Waals surface area contributed by atoms with Crippen molar-refractivity contribution in [3.63, 3.8) is 0 Å². The highest BCUT2D eigenvalue weighted by Gasteiger charge is 2.06. The molecule has 0 amide bonds. The third-order valence-electron chi connectivity index (χ3n) is 4.00. The number of rotatable bonds is 3. The van der Waals surface area contributed by atoms with Crippen LogP contribution in [0.3, 0.4) is 0 Å². The van der Waals surface area contributed by atoms with Crippen LogP contribution in [0, 0.1) is 0 Å². The maximum atomic E-state index is 9.15. The lowest BCUT2D eigenvalue weighted by molar-refractivity contribution is 0.282. The van der Waals surface area contributed by atoms with Gasteiger partial charge in [-0.15, -0.1) is 0 Å². The smallest absolute Gasteiger partial charge is 0.138 e. The predicted molar refractivity (Wildman–Crippen MR) is 92.9 cm³/mol. The molecule has 0 aliphatic carbocycles. The van der Waals surface area contributed by atoms with Crippen molar-refractivity contribution < 1.29 is 5.11 Å². The molecule has 3 aromatic carbocycles. The molecule has 0 aliphatic heterocycles. The van der Waals surface area contributed by atoms with Crippen LogP contribution in [0.5, 0.6) is 0 Å². The Morgan fingerprint density at radius 2 is 1.57 bits per heavy atom. The van der Waals surface area contributed by atoms with E-state index >= 15 is 0 Å². The van der Waals surface area contributed by atoms with E-state index in [4.69, 9.17) is 5.11 Å². The van der Waals surface area contributed by atoms with Crippen molar-refractivity contribution in [2.45, 2.75) is 6.61 Å². The SMILES string of the molecule is OCc1ccc(-c2cccc(-c3nc4ccccc4[nH]3)c2)cc1. The molecule has 0 unspecified atom stereocenters. The van der Waals surface area contributed by atoms with Crippen LogP contribution in [-0.2, 0) is 6.61 Å². The molecule has 1 aromatic heterocycles. The summed E-state index contributed by atoms with van der Waals surface area (Å²) in [6.07, 6.45) is 0. The second kappa shape index (κ2) is 5.71. The van der Waals surface area contributed by atoms with Crippen molar-refractivity contribution in [1.29, 1.82) is 0 Å². The molecule has 0 saturated carbocycles. The zero-order chi connectivity index (χ0) is 15.6. The minimum absolute atomic E-state index is 0.0688. The monoisotopic (exact) mass is 300 g/mol. The number of aromatic amines is 1. The molecule has 112 valence electrons. The molecule has 4 rings (SSSR count). The zero-order valence-corrected chi connectivity index (χ0v) is 12.5. The van der Waals surface area contributed by atoms with Crippen LogP contribution < -0.4 is 0 Å². The lowest BCUT2D eigenvalue weighted by Crippen LogP contribution is -1.85. The van der Waals surface area contributed by atoms with Gasteiger partial charge in [-0.05, 0) is 34.9 Å². The Hall–Kier alpha value is -2.91. The van der Waals surface area contributed by atoms with Crippen molar-refractivity contribution in [2.24, 2.45) is 0 Å². The Morgan fingerprint density at radius 3 is 2.35 bits per heavy atom. The van der Waals surface area contributed by atoms with Crippen LogP contribution in [0.15, 0.2) is 72.8 Å². The maximum Gasteiger partial charge on any atom is 0.138 e. The first-order valence-corrected chi connectivity index (χ1v) is 7.59. The molecule has 1 heterocycles. The van der Waals surface area contributed by atoms with Gasteiger partial charge in [0.15, 0.2) is 0 Å². The Morgan fingerprint density at radius 1 is 0.783 bits per heavy atom. The Labute approximate surface area is 134 Å². The standard InChI is InChI=1S/C20H16N2O/c23-13-14-8-10-15(11-9-14)16-4-3-5-17(12-16)20-21-18-6-1-2-7-19(18)22-20/h1-12,23H,13H2,(H,21,22). The highest BCUT2D eigenvalue weighted by molar-refractivity contribution is 5.80. The summed E-state index contributed by atoms with van der Waals surface area (Å²) < 4.78 is 0. The van der Waals surface area contributed by atoms with Gasteiger partial charge in [-0.25, -0.2) is 4.98 Å². The average molecular weight is 300 g/mol. The molecule has 23 heavy (non-hydrogen) atoms. The lowest BCUT2D eigenvalue weighted by atomic mass is 10.0. The topological polar surface area (TPSA) is 48.9 Å². The number of aliphatic hydroxyl groups excluding tert-OH is 1. The van der Waals surface area contributed by atoms with Crippen LogP contribution in [-0.4, -0.2) is 15.1 Å². The number of hydrogen-bond acceptors (Lipinski definition) is 2. The van der Waals surface area contributed by atoms with Crippen LogP contribution in [0.2, 0.25) is 0 Å². The van der Waals surface area contributed by atoms with E-state index in [1.807, 2.05) is 54.6 Å². The maximum absolute atomic E-state index is 9.15. The van der Waals surface area contributed by atoms with Crippen LogP contribution in [0.4, 0.5) is 0 Å². The highest BCUT2D eigenvalue weighted by Crippen LogP contribution is 2.26. The summed E-state index contributed by atoms with van der Waals surface area (Å²) >= 11 is 0. The van der Waals surface area contributed by atoms with Gasteiger partial charge in [0.1, 0.15) is 5.82 Å². The number of benzene rings is 3. The summed E-state index contributed by atoms with van der Waals surface area (Å²) in [7, 11) is 0. The number of fused-ring (bicyclic) bond motifs is 1. The molecule has 0 atom stereocenters. The Bertz CT molecular complexity index is 922. The van der Waals surface area contributed by atoms with Gasteiger partial charge < -0.3 is 10.1 Å². The van der Waals surface area contributed by atoms with E-state index in [-0.39, 0.29) is 6.61 Å². The van der Waals surface area contributed by atoms with Gasteiger partial charge >= 0.3 is 0 Å². The van der Waals surface area contributed by atoms with E-state index in [0.29, 0.717) is 0 Å². The largest absolute Gasteiger partial charge is 0.392 e. The number of para-hydroxylation sites is 2. The van der Waals surface area contributed by atoms with E-state index in [9.17, 15) is 0 Å². The molecule has 0 bridgehead atoms. The molecule has 2 N–H and O–H groups in total. The Kier molecular flexibility index (Phi) is 3.41. The number of H-pyrrole nitrogens is 1. The first-order valence-electron chi connectivity index (χ1n) is 7.59. The summed E-state index contributed by atoms with van der Waals surface area (Å²) in [5.41, 5.74) is 6.25.